The van der Waals surface area contributed by atoms with Gasteiger partial charge in [0.1, 0.15) is 0 Å². The third-order valence-corrected chi connectivity index (χ3v) is 5.55. The molecule has 1 unspecified atom stereocenters. The molecule has 0 aliphatic carbocycles. The van der Waals surface area contributed by atoms with E-state index in [0.717, 1.165) is 30.5 Å². The van der Waals surface area contributed by atoms with Crippen LogP contribution in [0, 0.1) is 12.8 Å². The summed E-state index contributed by atoms with van der Waals surface area (Å²) < 4.78 is 10.1. The first-order valence-corrected chi connectivity index (χ1v) is 10.6. The molecule has 3 aromatic rings. The summed E-state index contributed by atoms with van der Waals surface area (Å²) in [7, 11) is 1.34. The number of hydrogen-bond donors (Lipinski definition) is 1. The first-order chi connectivity index (χ1) is 15.5. The van der Waals surface area contributed by atoms with Crippen LogP contribution in [0.4, 0.5) is 5.69 Å². The molecule has 0 bridgehead atoms. The minimum Gasteiger partial charge on any atom is -0.465 e. The predicted octanol–water partition coefficient (Wildman–Crippen LogP) is 3.68. The first kappa shape index (κ1) is 21.7. The summed E-state index contributed by atoms with van der Waals surface area (Å²) in [6.07, 6.45) is 1.74. The van der Waals surface area contributed by atoms with E-state index in [1.165, 1.54) is 7.11 Å². The SMILES string of the molecule is COC(=O)c1ccc(NC(=O)C2CCCN(Cc3nc(-c4cccc(C)c4)no3)C2)cc1. The molecule has 2 aromatic carbocycles. The topological polar surface area (TPSA) is 97.6 Å². The Morgan fingerprint density at radius 3 is 2.78 bits per heavy atom. The van der Waals surface area contributed by atoms with Crippen molar-refractivity contribution in [3.8, 4) is 11.4 Å². The summed E-state index contributed by atoms with van der Waals surface area (Å²) >= 11 is 0. The molecule has 1 N–H and O–H groups in total. The summed E-state index contributed by atoms with van der Waals surface area (Å²) in [6.45, 7) is 4.03. The fourth-order valence-corrected chi connectivity index (χ4v) is 3.88. The number of nitrogens with one attached hydrogen (secondary N) is 1. The molecule has 1 amide bonds. The molecule has 1 fully saturated rings. The maximum absolute atomic E-state index is 12.8. The maximum Gasteiger partial charge on any atom is 0.337 e. The Balaban J connectivity index is 1.34. The van der Waals surface area contributed by atoms with Gasteiger partial charge in [0.2, 0.25) is 17.6 Å². The average molecular weight is 434 g/mol. The van der Waals surface area contributed by atoms with Gasteiger partial charge in [-0.2, -0.15) is 4.98 Å². The number of nitrogens with zero attached hydrogens (tertiary/aromatic N) is 3. The highest BCUT2D eigenvalue weighted by molar-refractivity contribution is 5.94. The third kappa shape index (κ3) is 5.20. The highest BCUT2D eigenvalue weighted by Gasteiger charge is 2.27. The van der Waals surface area contributed by atoms with E-state index in [0.29, 0.717) is 36.1 Å². The predicted molar refractivity (Wildman–Crippen MR) is 119 cm³/mol. The fourth-order valence-electron chi connectivity index (χ4n) is 3.88. The molecule has 8 heteroatoms. The van der Waals surface area contributed by atoms with Crippen molar-refractivity contribution in [3.05, 3.63) is 65.5 Å². The van der Waals surface area contributed by atoms with Gasteiger partial charge in [0.25, 0.3) is 0 Å². The number of ether oxygens (including phenoxy) is 1. The number of esters is 1. The Morgan fingerprint density at radius 1 is 1.22 bits per heavy atom. The monoisotopic (exact) mass is 434 g/mol. The summed E-state index contributed by atoms with van der Waals surface area (Å²) in [4.78, 5) is 31.0. The number of methoxy groups -OCH3 is 1. The fraction of sp³-hybridized carbons (Fsp3) is 0.333. The lowest BCUT2D eigenvalue weighted by Gasteiger charge is -2.30. The highest BCUT2D eigenvalue weighted by atomic mass is 16.5. The highest BCUT2D eigenvalue weighted by Crippen LogP contribution is 2.22. The molecule has 1 aliphatic heterocycles. The van der Waals surface area contributed by atoms with Gasteiger partial charge < -0.3 is 14.6 Å². The van der Waals surface area contributed by atoms with E-state index in [4.69, 9.17) is 9.26 Å². The number of amides is 1. The summed E-state index contributed by atoms with van der Waals surface area (Å²) in [5.74, 6) is 0.540. The molecule has 1 aliphatic rings. The molecule has 8 nitrogen and oxygen atoms in total. The zero-order chi connectivity index (χ0) is 22.5. The van der Waals surface area contributed by atoms with Crippen LogP contribution in [0.25, 0.3) is 11.4 Å². The van der Waals surface area contributed by atoms with Crippen LogP contribution < -0.4 is 5.32 Å². The van der Waals surface area contributed by atoms with Crippen molar-refractivity contribution in [2.45, 2.75) is 26.3 Å². The molecular weight excluding hydrogens is 408 g/mol. The third-order valence-electron chi connectivity index (χ3n) is 5.55. The Kier molecular flexibility index (Phi) is 6.61. The second-order valence-corrected chi connectivity index (χ2v) is 8.01. The summed E-state index contributed by atoms with van der Waals surface area (Å²) in [6, 6.07) is 14.7. The summed E-state index contributed by atoms with van der Waals surface area (Å²) in [5, 5.41) is 7.05. The van der Waals surface area contributed by atoms with Crippen molar-refractivity contribution in [2.75, 3.05) is 25.5 Å². The second-order valence-electron chi connectivity index (χ2n) is 8.01. The quantitative estimate of drug-likeness (QED) is 0.591. The number of carbonyl (C=O) groups excluding carboxylic acids is 2. The standard InChI is InChI=1S/C24H26N4O4/c1-16-5-3-6-18(13-16)22-26-21(32-27-22)15-28-12-4-7-19(14-28)23(29)25-20-10-8-17(9-11-20)24(30)31-2/h3,5-6,8-11,13,19H,4,7,12,14-15H2,1-2H3,(H,25,29). The normalized spacial score (nSPS) is 16.5. The lowest BCUT2D eigenvalue weighted by atomic mass is 9.97. The van der Waals surface area contributed by atoms with Crippen LogP contribution in [0.5, 0.6) is 0 Å². The molecular formula is C24H26N4O4. The first-order valence-electron chi connectivity index (χ1n) is 10.6. The Morgan fingerprint density at radius 2 is 2.03 bits per heavy atom. The van der Waals surface area contributed by atoms with Crippen molar-refractivity contribution < 1.29 is 18.8 Å². The molecule has 1 aromatic heterocycles. The molecule has 1 saturated heterocycles. The van der Waals surface area contributed by atoms with Gasteiger partial charge in [-0.05, 0) is 56.6 Å². The van der Waals surface area contributed by atoms with E-state index in [9.17, 15) is 9.59 Å². The number of anilines is 1. The van der Waals surface area contributed by atoms with E-state index in [-0.39, 0.29) is 11.8 Å². The van der Waals surface area contributed by atoms with Gasteiger partial charge in [0.15, 0.2) is 0 Å². The minimum absolute atomic E-state index is 0.0357. The van der Waals surface area contributed by atoms with E-state index >= 15 is 0 Å². The number of piperidine rings is 1. The lowest BCUT2D eigenvalue weighted by molar-refractivity contribution is -0.121. The van der Waals surface area contributed by atoms with Crippen LogP contribution in [-0.2, 0) is 16.1 Å². The smallest absolute Gasteiger partial charge is 0.337 e. The van der Waals surface area contributed by atoms with E-state index < -0.39 is 5.97 Å². The number of rotatable bonds is 6. The number of aryl methyl sites for hydroxylation is 1. The van der Waals surface area contributed by atoms with Crippen LogP contribution in [-0.4, -0.2) is 47.1 Å². The van der Waals surface area contributed by atoms with E-state index in [1.54, 1.807) is 24.3 Å². The second kappa shape index (κ2) is 9.74. The molecule has 4 rings (SSSR count). The Bertz CT molecular complexity index is 1090. The van der Waals surface area contributed by atoms with Crippen molar-refractivity contribution in [1.29, 1.82) is 0 Å². The molecule has 2 heterocycles. The van der Waals surface area contributed by atoms with Gasteiger partial charge in [-0.25, -0.2) is 4.79 Å². The van der Waals surface area contributed by atoms with Crippen LogP contribution in [0.3, 0.4) is 0 Å². The minimum atomic E-state index is -0.405. The number of carbonyl (C=O) groups is 2. The molecule has 0 saturated carbocycles. The number of hydrogen-bond acceptors (Lipinski definition) is 7. The van der Waals surface area contributed by atoms with Gasteiger partial charge in [0.05, 0.1) is 25.1 Å². The zero-order valence-electron chi connectivity index (χ0n) is 18.2. The van der Waals surface area contributed by atoms with Crippen LogP contribution >= 0.6 is 0 Å². The lowest BCUT2D eigenvalue weighted by Crippen LogP contribution is -2.40. The average Bonchev–Trinajstić information content (AvgIpc) is 3.28. The van der Waals surface area contributed by atoms with Gasteiger partial charge in [-0.1, -0.05) is 28.9 Å². The van der Waals surface area contributed by atoms with Gasteiger partial charge in [-0.3, -0.25) is 9.69 Å². The molecule has 32 heavy (non-hydrogen) atoms. The van der Waals surface area contributed by atoms with Gasteiger partial charge in [-0.15, -0.1) is 0 Å². The van der Waals surface area contributed by atoms with Gasteiger partial charge >= 0.3 is 5.97 Å². The Labute approximate surface area is 186 Å². The van der Waals surface area contributed by atoms with Crippen LogP contribution in [0.15, 0.2) is 53.1 Å². The number of aromatic nitrogens is 2. The molecule has 0 spiro atoms. The maximum atomic E-state index is 12.8. The molecule has 1 atom stereocenters. The van der Waals surface area contributed by atoms with Crippen molar-refractivity contribution in [1.82, 2.24) is 15.0 Å². The van der Waals surface area contributed by atoms with Crippen molar-refractivity contribution in [2.24, 2.45) is 5.92 Å². The van der Waals surface area contributed by atoms with Crippen LogP contribution in [0.2, 0.25) is 0 Å². The molecule has 166 valence electrons. The summed E-state index contributed by atoms with van der Waals surface area (Å²) in [5.41, 5.74) is 3.16. The van der Waals surface area contributed by atoms with Crippen molar-refractivity contribution in [3.63, 3.8) is 0 Å². The zero-order valence-corrected chi connectivity index (χ0v) is 18.2. The van der Waals surface area contributed by atoms with Gasteiger partial charge in [0, 0.05) is 17.8 Å². The van der Waals surface area contributed by atoms with E-state index in [2.05, 4.69) is 20.4 Å². The van der Waals surface area contributed by atoms with Crippen LogP contribution in [0.1, 0.15) is 34.7 Å². The number of benzene rings is 2. The number of likely N-dealkylation sites (tertiary alicyclic amines) is 1. The van der Waals surface area contributed by atoms with Crippen molar-refractivity contribution >= 4 is 17.6 Å². The Hall–Kier alpha value is -3.52. The molecule has 0 radical (unpaired) electrons. The van der Waals surface area contributed by atoms with E-state index in [1.807, 2.05) is 31.2 Å². The largest absolute Gasteiger partial charge is 0.465 e.